The van der Waals surface area contributed by atoms with Crippen LogP contribution in [0.2, 0.25) is 0 Å². The van der Waals surface area contributed by atoms with Gasteiger partial charge in [0.25, 0.3) is 0 Å². The Morgan fingerprint density at radius 2 is 1.56 bits per heavy atom. The number of hydrogen-bond acceptors (Lipinski definition) is 8. The molecule has 1 aliphatic carbocycles. The number of anilines is 2. The van der Waals surface area contributed by atoms with E-state index in [-0.39, 0.29) is 0 Å². The summed E-state index contributed by atoms with van der Waals surface area (Å²) in [7, 11) is 3.99. The maximum Gasteiger partial charge on any atom is 0.224 e. The van der Waals surface area contributed by atoms with Crippen molar-refractivity contribution >= 4 is 11.8 Å². The van der Waals surface area contributed by atoms with Crippen molar-refractivity contribution in [2.75, 3.05) is 50.7 Å². The topological polar surface area (TPSA) is 80.8 Å². The van der Waals surface area contributed by atoms with Crippen LogP contribution in [-0.2, 0) is 6.54 Å². The van der Waals surface area contributed by atoms with Gasteiger partial charge in [0.1, 0.15) is 11.6 Å². The Bertz CT molecular complexity index is 885. The third-order valence-electron chi connectivity index (χ3n) is 6.05. The molecular weight excluding hydrogens is 430 g/mol. The Morgan fingerprint density at radius 3 is 2.21 bits per heavy atom. The molecule has 1 fully saturated rings. The van der Waals surface area contributed by atoms with Crippen molar-refractivity contribution in [3.05, 3.63) is 30.0 Å². The molecule has 1 aromatic heterocycles. The summed E-state index contributed by atoms with van der Waals surface area (Å²) in [5, 5.41) is 7.17. The van der Waals surface area contributed by atoms with Crippen LogP contribution >= 0.6 is 0 Å². The van der Waals surface area contributed by atoms with Gasteiger partial charge in [-0.2, -0.15) is 4.98 Å². The monoisotopic (exact) mass is 471 g/mol. The first-order valence-corrected chi connectivity index (χ1v) is 12.6. The summed E-state index contributed by atoms with van der Waals surface area (Å²) in [6.07, 6.45) is 6.44. The molecule has 3 rings (SSSR count). The normalized spacial score (nSPS) is 17.8. The van der Waals surface area contributed by atoms with Crippen LogP contribution in [0, 0.1) is 5.92 Å². The lowest BCUT2D eigenvalue weighted by Crippen LogP contribution is -2.31. The molecular formula is C26H41N5O3. The molecule has 1 aromatic carbocycles. The predicted octanol–water partition coefficient (Wildman–Crippen LogP) is 4.50. The molecule has 0 aliphatic heterocycles. The molecule has 2 aromatic rings. The molecule has 0 radical (unpaired) electrons. The lowest BCUT2D eigenvalue weighted by atomic mass is 9.86. The molecule has 0 unspecified atom stereocenters. The number of rotatable bonds is 13. The summed E-state index contributed by atoms with van der Waals surface area (Å²) in [4.78, 5) is 11.0. The molecule has 0 saturated heterocycles. The number of aromatic nitrogens is 2. The quantitative estimate of drug-likeness (QED) is 0.442. The maximum atomic E-state index is 5.89. The lowest BCUT2D eigenvalue weighted by Gasteiger charge is -2.29. The fraction of sp³-hybridized carbons (Fsp3) is 0.615. The predicted molar refractivity (Wildman–Crippen MR) is 137 cm³/mol. The Hall–Kier alpha value is -2.74. The molecule has 8 heteroatoms. The molecule has 0 amide bonds. The van der Waals surface area contributed by atoms with Crippen molar-refractivity contribution in [3.8, 4) is 17.2 Å². The third kappa shape index (κ3) is 7.38. The van der Waals surface area contributed by atoms with Crippen molar-refractivity contribution in [2.24, 2.45) is 5.92 Å². The minimum atomic E-state index is 0.429. The molecule has 0 spiro atoms. The van der Waals surface area contributed by atoms with Crippen molar-refractivity contribution in [2.45, 2.75) is 59.0 Å². The second-order valence-corrected chi connectivity index (χ2v) is 8.83. The van der Waals surface area contributed by atoms with Crippen molar-refractivity contribution < 1.29 is 14.2 Å². The molecule has 1 aliphatic rings. The van der Waals surface area contributed by atoms with E-state index in [4.69, 9.17) is 14.2 Å². The molecule has 34 heavy (non-hydrogen) atoms. The smallest absolute Gasteiger partial charge is 0.224 e. The Kier molecular flexibility index (Phi) is 10.1. The zero-order valence-electron chi connectivity index (χ0n) is 21.4. The van der Waals surface area contributed by atoms with E-state index >= 15 is 0 Å². The Balaban J connectivity index is 1.50. The number of nitrogens with one attached hydrogen (secondary N) is 2. The minimum Gasteiger partial charge on any atom is -0.493 e. The van der Waals surface area contributed by atoms with Crippen LogP contribution in [0.25, 0.3) is 0 Å². The maximum absolute atomic E-state index is 5.89. The molecule has 1 heterocycles. The van der Waals surface area contributed by atoms with E-state index in [2.05, 4.69) is 26.7 Å². The highest BCUT2D eigenvalue weighted by Crippen LogP contribution is 2.35. The Labute approximate surface area is 204 Å². The van der Waals surface area contributed by atoms with Gasteiger partial charge in [-0.3, -0.25) is 0 Å². The van der Waals surface area contributed by atoms with Crippen molar-refractivity contribution in [3.63, 3.8) is 0 Å². The first-order valence-electron chi connectivity index (χ1n) is 12.6. The first-order chi connectivity index (χ1) is 16.5. The second-order valence-electron chi connectivity index (χ2n) is 8.83. The summed E-state index contributed by atoms with van der Waals surface area (Å²) in [6.45, 7) is 9.50. The van der Waals surface area contributed by atoms with E-state index in [1.807, 2.05) is 58.1 Å². The summed E-state index contributed by atoms with van der Waals surface area (Å²) in [5.74, 6) is 4.67. The van der Waals surface area contributed by atoms with Gasteiger partial charge in [0.2, 0.25) is 5.95 Å². The van der Waals surface area contributed by atoms with Crippen LogP contribution in [0.3, 0.4) is 0 Å². The molecule has 1 saturated carbocycles. The van der Waals surface area contributed by atoms with Gasteiger partial charge in [-0.05, 0) is 71.0 Å². The fourth-order valence-electron chi connectivity index (χ4n) is 4.32. The number of nitrogens with zero attached hydrogens (tertiary/aromatic N) is 3. The van der Waals surface area contributed by atoms with E-state index in [0.717, 1.165) is 60.5 Å². The minimum absolute atomic E-state index is 0.429. The highest BCUT2D eigenvalue weighted by molar-refractivity contribution is 5.51. The van der Waals surface area contributed by atoms with Crippen molar-refractivity contribution in [1.82, 2.24) is 15.3 Å². The van der Waals surface area contributed by atoms with E-state index < -0.39 is 0 Å². The second kappa shape index (κ2) is 13.2. The lowest BCUT2D eigenvalue weighted by molar-refractivity contribution is 0.281. The molecule has 8 nitrogen and oxygen atoms in total. The van der Waals surface area contributed by atoms with Crippen LogP contribution < -0.4 is 29.7 Å². The molecule has 2 N–H and O–H groups in total. The van der Waals surface area contributed by atoms with Gasteiger partial charge >= 0.3 is 0 Å². The first kappa shape index (κ1) is 25.9. The Morgan fingerprint density at radius 1 is 0.912 bits per heavy atom. The van der Waals surface area contributed by atoms with E-state index in [1.165, 1.54) is 12.8 Å². The van der Waals surface area contributed by atoms with E-state index in [9.17, 15) is 0 Å². The van der Waals surface area contributed by atoms with Gasteiger partial charge < -0.3 is 29.7 Å². The number of ether oxygens (including phenoxy) is 3. The highest BCUT2D eigenvalue weighted by atomic mass is 16.5. The largest absolute Gasteiger partial charge is 0.493 e. The summed E-state index contributed by atoms with van der Waals surface area (Å²) in [5.41, 5.74) is 1.10. The van der Waals surface area contributed by atoms with E-state index in [0.29, 0.717) is 31.8 Å². The van der Waals surface area contributed by atoms with Crippen molar-refractivity contribution in [1.29, 1.82) is 0 Å². The summed E-state index contributed by atoms with van der Waals surface area (Å²) in [6, 6.07) is 6.36. The summed E-state index contributed by atoms with van der Waals surface area (Å²) < 4.78 is 17.5. The fourth-order valence-corrected chi connectivity index (χ4v) is 4.32. The zero-order chi connectivity index (χ0) is 24.3. The van der Waals surface area contributed by atoms with E-state index in [1.54, 1.807) is 0 Å². The zero-order valence-corrected chi connectivity index (χ0v) is 21.4. The average molecular weight is 472 g/mol. The SMILES string of the molecule is CCOc1cc(OCC)c(OCC)cc1CNC[C@H]1CC[C@@H](Nc2nccc(N(C)C)n2)CC1. The van der Waals surface area contributed by atoms with Crippen LogP contribution in [-0.4, -0.2) is 56.5 Å². The highest BCUT2D eigenvalue weighted by Gasteiger charge is 2.22. The number of benzene rings is 1. The summed E-state index contributed by atoms with van der Waals surface area (Å²) >= 11 is 0. The van der Waals surface area contributed by atoms with Gasteiger partial charge in [0, 0.05) is 44.5 Å². The van der Waals surface area contributed by atoms with Gasteiger partial charge in [0.15, 0.2) is 11.5 Å². The number of hydrogen-bond donors (Lipinski definition) is 2. The van der Waals surface area contributed by atoms with Crippen LogP contribution in [0.4, 0.5) is 11.8 Å². The van der Waals surface area contributed by atoms with Gasteiger partial charge in [0.05, 0.1) is 19.8 Å². The standard InChI is InChI=1S/C26H41N5O3/c1-6-32-22-16-24(34-8-3)23(33-7-2)15-20(22)18-27-17-19-9-11-21(12-10-19)29-26-28-14-13-25(30-26)31(4)5/h13-16,19,21,27H,6-12,17-18H2,1-5H3,(H,28,29,30)/t19-,21+. The molecule has 0 atom stereocenters. The van der Waals surface area contributed by atoms with Crippen LogP contribution in [0.1, 0.15) is 52.0 Å². The van der Waals surface area contributed by atoms with Gasteiger partial charge in [-0.15, -0.1) is 0 Å². The molecule has 0 bridgehead atoms. The third-order valence-corrected chi connectivity index (χ3v) is 6.05. The average Bonchev–Trinajstić information content (AvgIpc) is 2.83. The molecule has 188 valence electrons. The van der Waals surface area contributed by atoms with Crippen LogP contribution in [0.5, 0.6) is 17.2 Å². The van der Waals surface area contributed by atoms with Crippen LogP contribution in [0.15, 0.2) is 24.4 Å². The van der Waals surface area contributed by atoms with Gasteiger partial charge in [-0.25, -0.2) is 4.98 Å². The van der Waals surface area contributed by atoms with Gasteiger partial charge in [-0.1, -0.05) is 0 Å².